The lowest BCUT2D eigenvalue weighted by Crippen LogP contribution is -2.01. The first-order valence-electron chi connectivity index (χ1n) is 6.16. The minimum atomic E-state index is 0.507. The van der Waals surface area contributed by atoms with E-state index in [1.54, 1.807) is 22.9 Å². The Morgan fingerprint density at radius 2 is 1.90 bits per heavy atom. The number of aromatic nitrogens is 4. The van der Waals surface area contributed by atoms with Crippen LogP contribution in [0.15, 0.2) is 36.4 Å². The number of tetrazole rings is 1. The molecule has 21 heavy (non-hydrogen) atoms. The fraction of sp³-hybridized carbons (Fsp3) is 0.0714. The number of halogens is 2. The molecule has 0 aliphatic rings. The van der Waals surface area contributed by atoms with Crippen LogP contribution in [-0.2, 0) is 0 Å². The summed E-state index contributed by atoms with van der Waals surface area (Å²) in [5.41, 5.74) is 9.04. The standard InChI is InChI=1S/C14H11Cl2N5/c1-8-2-3-9(6-12(8)17)14-18-19-20-21(14)13-7-10(15)4-5-11(13)16/h2-7H,17H2,1H3. The summed E-state index contributed by atoms with van der Waals surface area (Å²) in [5, 5.41) is 12.8. The van der Waals surface area contributed by atoms with Crippen molar-refractivity contribution in [3.63, 3.8) is 0 Å². The van der Waals surface area contributed by atoms with E-state index >= 15 is 0 Å². The first-order valence-corrected chi connectivity index (χ1v) is 6.92. The largest absolute Gasteiger partial charge is 0.398 e. The number of benzene rings is 2. The molecule has 1 heterocycles. The van der Waals surface area contributed by atoms with Crippen LogP contribution in [0.3, 0.4) is 0 Å². The smallest absolute Gasteiger partial charge is 0.187 e. The molecule has 106 valence electrons. The number of aryl methyl sites for hydroxylation is 1. The number of nitrogens with zero attached hydrogens (tertiary/aromatic N) is 4. The highest BCUT2D eigenvalue weighted by Crippen LogP contribution is 2.28. The van der Waals surface area contributed by atoms with Gasteiger partial charge in [0.2, 0.25) is 0 Å². The summed E-state index contributed by atoms with van der Waals surface area (Å²) in [6.45, 7) is 1.94. The Morgan fingerprint density at radius 3 is 2.67 bits per heavy atom. The molecule has 0 bridgehead atoms. The third kappa shape index (κ3) is 2.57. The van der Waals surface area contributed by atoms with E-state index in [-0.39, 0.29) is 0 Å². The first kappa shape index (κ1) is 13.9. The highest BCUT2D eigenvalue weighted by atomic mass is 35.5. The molecular weight excluding hydrogens is 309 g/mol. The molecular formula is C14H11Cl2N5. The van der Waals surface area contributed by atoms with E-state index in [9.17, 15) is 0 Å². The van der Waals surface area contributed by atoms with Gasteiger partial charge in [-0.1, -0.05) is 35.3 Å². The van der Waals surface area contributed by atoms with Gasteiger partial charge in [0, 0.05) is 16.3 Å². The molecule has 0 fully saturated rings. The molecule has 0 amide bonds. The third-order valence-corrected chi connectivity index (χ3v) is 3.70. The lowest BCUT2D eigenvalue weighted by Gasteiger charge is -2.08. The van der Waals surface area contributed by atoms with Crippen molar-refractivity contribution in [2.45, 2.75) is 6.92 Å². The van der Waals surface area contributed by atoms with Gasteiger partial charge in [-0.2, -0.15) is 4.68 Å². The van der Waals surface area contributed by atoms with Gasteiger partial charge in [-0.25, -0.2) is 0 Å². The normalized spacial score (nSPS) is 10.8. The van der Waals surface area contributed by atoms with Crippen LogP contribution in [0.25, 0.3) is 17.1 Å². The highest BCUT2D eigenvalue weighted by Gasteiger charge is 2.14. The molecule has 2 aromatic carbocycles. The Labute approximate surface area is 131 Å². The lowest BCUT2D eigenvalue weighted by molar-refractivity contribution is 0.791. The summed E-state index contributed by atoms with van der Waals surface area (Å²) < 4.78 is 1.54. The van der Waals surface area contributed by atoms with E-state index in [2.05, 4.69) is 15.5 Å². The maximum atomic E-state index is 6.20. The summed E-state index contributed by atoms with van der Waals surface area (Å²) in [6, 6.07) is 10.8. The van der Waals surface area contributed by atoms with E-state index in [1.165, 1.54) is 0 Å². The molecule has 0 atom stereocenters. The summed E-state index contributed by atoms with van der Waals surface area (Å²) in [5.74, 6) is 0.547. The van der Waals surface area contributed by atoms with Gasteiger partial charge < -0.3 is 5.73 Å². The maximum absolute atomic E-state index is 6.20. The summed E-state index contributed by atoms with van der Waals surface area (Å²) in [6.07, 6.45) is 0. The van der Waals surface area contributed by atoms with Crippen LogP contribution in [0.5, 0.6) is 0 Å². The average Bonchev–Trinajstić information content (AvgIpc) is 2.93. The minimum absolute atomic E-state index is 0.507. The van der Waals surface area contributed by atoms with Crippen molar-refractivity contribution >= 4 is 28.9 Å². The summed E-state index contributed by atoms with van der Waals surface area (Å²) in [4.78, 5) is 0. The van der Waals surface area contributed by atoms with Gasteiger partial charge in [0.05, 0.1) is 10.7 Å². The van der Waals surface area contributed by atoms with E-state index in [0.29, 0.717) is 27.2 Å². The second-order valence-corrected chi connectivity index (χ2v) is 5.43. The van der Waals surface area contributed by atoms with E-state index in [0.717, 1.165) is 11.1 Å². The Balaban J connectivity index is 2.17. The zero-order valence-electron chi connectivity index (χ0n) is 11.1. The van der Waals surface area contributed by atoms with Crippen molar-refractivity contribution < 1.29 is 0 Å². The SMILES string of the molecule is Cc1ccc(-c2nnnn2-c2cc(Cl)ccc2Cl)cc1N. The fourth-order valence-electron chi connectivity index (χ4n) is 1.96. The molecule has 7 heteroatoms. The van der Waals surface area contributed by atoms with Crippen molar-refractivity contribution in [3.8, 4) is 17.1 Å². The van der Waals surface area contributed by atoms with Gasteiger partial charge >= 0.3 is 0 Å². The predicted octanol–water partition coefficient (Wildman–Crippen LogP) is 3.53. The van der Waals surface area contributed by atoms with Gasteiger partial charge in [0.1, 0.15) is 0 Å². The first-order chi connectivity index (χ1) is 10.1. The van der Waals surface area contributed by atoms with Gasteiger partial charge in [-0.3, -0.25) is 0 Å². The van der Waals surface area contributed by atoms with Crippen LogP contribution in [0.4, 0.5) is 5.69 Å². The van der Waals surface area contributed by atoms with Crippen LogP contribution < -0.4 is 5.73 Å². The van der Waals surface area contributed by atoms with Crippen LogP contribution in [0, 0.1) is 6.92 Å². The number of hydrogen-bond donors (Lipinski definition) is 1. The van der Waals surface area contributed by atoms with Crippen molar-refractivity contribution in [1.29, 1.82) is 0 Å². The topological polar surface area (TPSA) is 69.6 Å². The molecule has 0 radical (unpaired) electrons. The predicted molar refractivity (Wildman–Crippen MR) is 83.8 cm³/mol. The highest BCUT2D eigenvalue weighted by molar-refractivity contribution is 6.34. The summed E-state index contributed by atoms with van der Waals surface area (Å²) >= 11 is 12.2. The van der Waals surface area contributed by atoms with E-state index in [4.69, 9.17) is 28.9 Å². The minimum Gasteiger partial charge on any atom is -0.398 e. The fourth-order valence-corrected chi connectivity index (χ4v) is 2.32. The number of anilines is 1. The monoisotopic (exact) mass is 319 g/mol. The molecule has 0 saturated heterocycles. The molecule has 1 aromatic heterocycles. The molecule has 0 aliphatic heterocycles. The zero-order chi connectivity index (χ0) is 15.0. The molecule has 0 aliphatic carbocycles. The molecule has 0 spiro atoms. The quantitative estimate of drug-likeness (QED) is 0.733. The molecule has 5 nitrogen and oxygen atoms in total. The number of hydrogen-bond acceptors (Lipinski definition) is 4. The van der Waals surface area contributed by atoms with Gasteiger partial charge in [0.15, 0.2) is 5.82 Å². The second kappa shape index (κ2) is 5.35. The third-order valence-electron chi connectivity index (χ3n) is 3.14. The molecule has 3 aromatic rings. The van der Waals surface area contributed by atoms with Crippen molar-refractivity contribution in [1.82, 2.24) is 20.2 Å². The van der Waals surface area contributed by atoms with E-state index < -0.39 is 0 Å². The maximum Gasteiger partial charge on any atom is 0.187 e. The molecule has 2 N–H and O–H groups in total. The molecule has 3 rings (SSSR count). The van der Waals surface area contributed by atoms with Crippen LogP contribution in [0.2, 0.25) is 10.0 Å². The van der Waals surface area contributed by atoms with Crippen molar-refractivity contribution in [2.75, 3.05) is 5.73 Å². The van der Waals surface area contributed by atoms with Crippen molar-refractivity contribution in [2.24, 2.45) is 0 Å². The zero-order valence-corrected chi connectivity index (χ0v) is 12.6. The van der Waals surface area contributed by atoms with Gasteiger partial charge in [-0.15, -0.1) is 5.10 Å². The number of nitrogens with two attached hydrogens (primary N) is 1. The van der Waals surface area contributed by atoms with E-state index in [1.807, 2.05) is 25.1 Å². The molecule has 0 saturated carbocycles. The van der Waals surface area contributed by atoms with Gasteiger partial charge in [-0.05, 0) is 47.2 Å². The van der Waals surface area contributed by atoms with Crippen LogP contribution in [-0.4, -0.2) is 20.2 Å². The Morgan fingerprint density at radius 1 is 1.10 bits per heavy atom. The lowest BCUT2D eigenvalue weighted by atomic mass is 10.1. The van der Waals surface area contributed by atoms with Crippen LogP contribution >= 0.6 is 23.2 Å². The number of nitrogen functional groups attached to an aromatic ring is 1. The number of rotatable bonds is 2. The van der Waals surface area contributed by atoms with Gasteiger partial charge in [0.25, 0.3) is 0 Å². The molecule has 0 unspecified atom stereocenters. The second-order valence-electron chi connectivity index (χ2n) is 4.58. The van der Waals surface area contributed by atoms with Crippen LogP contribution in [0.1, 0.15) is 5.56 Å². The van der Waals surface area contributed by atoms with Crippen molar-refractivity contribution in [3.05, 3.63) is 52.0 Å². The Bertz CT molecular complexity index is 813. The Hall–Kier alpha value is -2.11. The Kier molecular flexibility index (Phi) is 3.53. The summed E-state index contributed by atoms with van der Waals surface area (Å²) in [7, 11) is 0. The average molecular weight is 320 g/mol.